The lowest BCUT2D eigenvalue weighted by Crippen LogP contribution is -2.41. The van der Waals surface area contributed by atoms with E-state index < -0.39 is 5.95 Å². The van der Waals surface area contributed by atoms with Crippen LogP contribution < -0.4 is 0 Å². The zero-order valence-electron chi connectivity index (χ0n) is 10.8. The van der Waals surface area contributed by atoms with Gasteiger partial charge in [-0.25, -0.2) is 4.98 Å². The van der Waals surface area contributed by atoms with E-state index in [-0.39, 0.29) is 17.5 Å². The first-order valence-electron chi connectivity index (χ1n) is 6.16. The van der Waals surface area contributed by atoms with E-state index in [1.54, 1.807) is 11.0 Å². The molecule has 0 radical (unpaired) electrons. The number of hydrogen-bond donors (Lipinski definition) is 0. The van der Waals surface area contributed by atoms with Crippen LogP contribution in [0.2, 0.25) is 0 Å². The van der Waals surface area contributed by atoms with Gasteiger partial charge in [0.05, 0.1) is 5.56 Å². The molecule has 0 N–H and O–H groups in total. The third kappa shape index (κ3) is 2.67. The summed E-state index contributed by atoms with van der Waals surface area (Å²) in [5, 5.41) is 0. The fourth-order valence-corrected chi connectivity index (χ4v) is 2.41. The van der Waals surface area contributed by atoms with E-state index in [1.807, 2.05) is 14.1 Å². The highest BCUT2D eigenvalue weighted by Crippen LogP contribution is 2.21. The number of aromatic nitrogens is 1. The van der Waals surface area contributed by atoms with Crippen LogP contribution in [0.5, 0.6) is 0 Å². The average molecular weight is 251 g/mol. The molecule has 0 aliphatic carbocycles. The lowest BCUT2D eigenvalue weighted by molar-refractivity contribution is 0.0710. The van der Waals surface area contributed by atoms with Gasteiger partial charge >= 0.3 is 0 Å². The number of hydrogen-bond acceptors (Lipinski definition) is 3. The molecule has 4 nitrogen and oxygen atoms in total. The number of amides is 1. The van der Waals surface area contributed by atoms with E-state index >= 15 is 0 Å². The summed E-state index contributed by atoms with van der Waals surface area (Å²) in [6.07, 6.45) is 3.31. The number of carbonyl (C=O) groups is 1. The summed E-state index contributed by atoms with van der Waals surface area (Å²) in [5.74, 6) is -0.928. The Hall–Kier alpha value is -1.49. The molecule has 1 fully saturated rings. The van der Waals surface area contributed by atoms with Gasteiger partial charge in [0.2, 0.25) is 5.95 Å². The number of likely N-dealkylation sites (tertiary alicyclic amines) is 1. The Balaban J connectivity index is 2.15. The Morgan fingerprint density at radius 2 is 2.39 bits per heavy atom. The van der Waals surface area contributed by atoms with E-state index in [0.29, 0.717) is 6.54 Å². The molecule has 2 rings (SSSR count). The van der Waals surface area contributed by atoms with Crippen LogP contribution in [0.3, 0.4) is 0 Å². The maximum atomic E-state index is 13.5. The highest BCUT2D eigenvalue weighted by molar-refractivity contribution is 5.94. The maximum absolute atomic E-state index is 13.5. The predicted molar refractivity (Wildman–Crippen MR) is 66.8 cm³/mol. The summed E-state index contributed by atoms with van der Waals surface area (Å²) in [4.78, 5) is 19.6. The van der Waals surface area contributed by atoms with Crippen LogP contribution in [0, 0.1) is 5.95 Å². The SMILES string of the molecule is CN(C)CC1CCCN1C(=O)c1cccnc1F. The second-order valence-electron chi connectivity index (χ2n) is 4.90. The van der Waals surface area contributed by atoms with Crippen LogP contribution in [-0.4, -0.2) is 53.9 Å². The number of rotatable bonds is 3. The van der Waals surface area contributed by atoms with E-state index in [4.69, 9.17) is 0 Å². The lowest BCUT2D eigenvalue weighted by Gasteiger charge is -2.27. The summed E-state index contributed by atoms with van der Waals surface area (Å²) in [5.41, 5.74) is 0.0724. The van der Waals surface area contributed by atoms with Crippen molar-refractivity contribution in [3.05, 3.63) is 29.8 Å². The summed E-state index contributed by atoms with van der Waals surface area (Å²) < 4.78 is 13.5. The molecule has 98 valence electrons. The second-order valence-corrected chi connectivity index (χ2v) is 4.90. The topological polar surface area (TPSA) is 36.4 Å². The first kappa shape index (κ1) is 13.0. The Labute approximate surface area is 106 Å². The van der Waals surface area contributed by atoms with Gasteiger partial charge in [-0.1, -0.05) is 0 Å². The number of likely N-dealkylation sites (N-methyl/N-ethyl adjacent to an activating group) is 1. The van der Waals surface area contributed by atoms with Crippen molar-refractivity contribution in [3.63, 3.8) is 0 Å². The van der Waals surface area contributed by atoms with Crippen LogP contribution in [0.25, 0.3) is 0 Å². The highest BCUT2D eigenvalue weighted by atomic mass is 19.1. The molecule has 1 aromatic heterocycles. The lowest BCUT2D eigenvalue weighted by atomic mass is 10.2. The van der Waals surface area contributed by atoms with Gasteiger partial charge in [0.25, 0.3) is 5.91 Å². The average Bonchev–Trinajstić information content (AvgIpc) is 2.76. The van der Waals surface area contributed by atoms with Gasteiger partial charge in [-0.15, -0.1) is 0 Å². The normalized spacial score (nSPS) is 19.6. The molecule has 5 heteroatoms. The highest BCUT2D eigenvalue weighted by Gasteiger charge is 2.30. The summed E-state index contributed by atoms with van der Waals surface area (Å²) in [7, 11) is 3.96. The number of carbonyl (C=O) groups excluding carboxylic acids is 1. The fourth-order valence-electron chi connectivity index (χ4n) is 2.41. The van der Waals surface area contributed by atoms with Gasteiger partial charge in [-0.3, -0.25) is 4.79 Å². The maximum Gasteiger partial charge on any atom is 0.258 e. The molecule has 1 saturated heterocycles. The third-order valence-corrected chi connectivity index (χ3v) is 3.20. The van der Waals surface area contributed by atoms with Crippen molar-refractivity contribution in [1.82, 2.24) is 14.8 Å². The molecule has 1 atom stereocenters. The largest absolute Gasteiger partial charge is 0.334 e. The molecule has 0 aromatic carbocycles. The molecule has 0 bridgehead atoms. The molecular formula is C13H18FN3O. The van der Waals surface area contributed by atoms with Gasteiger partial charge in [0.1, 0.15) is 0 Å². The minimum atomic E-state index is -0.682. The van der Waals surface area contributed by atoms with E-state index in [0.717, 1.165) is 19.4 Å². The van der Waals surface area contributed by atoms with Crippen molar-refractivity contribution in [2.24, 2.45) is 0 Å². The van der Waals surface area contributed by atoms with Crippen LogP contribution in [-0.2, 0) is 0 Å². The van der Waals surface area contributed by atoms with Crippen LogP contribution in [0.4, 0.5) is 4.39 Å². The molecule has 1 aliphatic rings. The Bertz CT molecular complexity index is 436. The monoisotopic (exact) mass is 251 g/mol. The van der Waals surface area contributed by atoms with Gasteiger partial charge in [0, 0.05) is 25.3 Å². The first-order valence-corrected chi connectivity index (χ1v) is 6.16. The quantitative estimate of drug-likeness (QED) is 0.762. The Kier molecular flexibility index (Phi) is 3.91. The van der Waals surface area contributed by atoms with Crippen LogP contribution in [0.1, 0.15) is 23.2 Å². The molecule has 2 heterocycles. The van der Waals surface area contributed by atoms with E-state index in [2.05, 4.69) is 9.88 Å². The summed E-state index contributed by atoms with van der Waals surface area (Å²) in [6.45, 7) is 1.51. The van der Waals surface area contributed by atoms with Crippen molar-refractivity contribution in [2.45, 2.75) is 18.9 Å². The molecule has 1 unspecified atom stereocenters. The third-order valence-electron chi connectivity index (χ3n) is 3.20. The summed E-state index contributed by atoms with van der Waals surface area (Å²) >= 11 is 0. The first-order chi connectivity index (χ1) is 8.59. The standard InChI is InChI=1S/C13H18FN3O/c1-16(2)9-10-5-4-8-17(10)13(18)11-6-3-7-15-12(11)14/h3,6-7,10H,4-5,8-9H2,1-2H3. The smallest absolute Gasteiger partial charge is 0.258 e. The van der Waals surface area contributed by atoms with Crippen molar-refractivity contribution in [3.8, 4) is 0 Å². The van der Waals surface area contributed by atoms with E-state index in [1.165, 1.54) is 12.3 Å². The Morgan fingerprint density at radius 3 is 3.06 bits per heavy atom. The molecule has 18 heavy (non-hydrogen) atoms. The van der Waals surface area contributed by atoms with Gasteiger partial charge in [-0.05, 0) is 39.1 Å². The zero-order valence-corrected chi connectivity index (χ0v) is 10.8. The summed E-state index contributed by atoms with van der Waals surface area (Å²) in [6, 6.07) is 3.26. The van der Waals surface area contributed by atoms with Crippen LogP contribution in [0.15, 0.2) is 18.3 Å². The van der Waals surface area contributed by atoms with E-state index in [9.17, 15) is 9.18 Å². The van der Waals surface area contributed by atoms with Crippen molar-refractivity contribution in [1.29, 1.82) is 0 Å². The zero-order chi connectivity index (χ0) is 13.1. The van der Waals surface area contributed by atoms with Crippen molar-refractivity contribution < 1.29 is 9.18 Å². The van der Waals surface area contributed by atoms with Gasteiger partial charge in [0.15, 0.2) is 0 Å². The second kappa shape index (κ2) is 5.44. The fraction of sp³-hybridized carbons (Fsp3) is 0.538. The molecule has 1 amide bonds. The van der Waals surface area contributed by atoms with Gasteiger partial charge < -0.3 is 9.80 Å². The molecule has 1 aliphatic heterocycles. The minimum Gasteiger partial charge on any atom is -0.334 e. The predicted octanol–water partition coefficient (Wildman–Crippen LogP) is 1.39. The van der Waals surface area contributed by atoms with Crippen LogP contribution >= 0.6 is 0 Å². The molecular weight excluding hydrogens is 233 g/mol. The minimum absolute atomic E-state index is 0.0724. The molecule has 0 saturated carbocycles. The molecule has 0 spiro atoms. The Morgan fingerprint density at radius 1 is 1.61 bits per heavy atom. The van der Waals surface area contributed by atoms with Gasteiger partial charge in [-0.2, -0.15) is 4.39 Å². The molecule has 1 aromatic rings. The van der Waals surface area contributed by atoms with Crippen molar-refractivity contribution in [2.75, 3.05) is 27.2 Å². The number of halogens is 1. The number of pyridine rings is 1. The van der Waals surface area contributed by atoms with Crippen molar-refractivity contribution >= 4 is 5.91 Å². The number of nitrogens with zero attached hydrogens (tertiary/aromatic N) is 3.